The molecule has 0 saturated carbocycles. The first kappa shape index (κ1) is 18.6. The van der Waals surface area contributed by atoms with Crippen LogP contribution in [0.3, 0.4) is 0 Å². The topological polar surface area (TPSA) is 75.0 Å². The third kappa shape index (κ3) is 3.85. The van der Waals surface area contributed by atoms with Crippen LogP contribution in [0.25, 0.3) is 10.9 Å². The van der Waals surface area contributed by atoms with E-state index >= 15 is 0 Å². The second-order valence-corrected chi connectivity index (χ2v) is 7.78. The molecule has 0 spiro atoms. The highest BCUT2D eigenvalue weighted by Gasteiger charge is 2.20. The van der Waals surface area contributed by atoms with E-state index in [1.165, 1.54) is 22.1 Å². The number of aryl methyl sites for hydroxylation is 3. The molecule has 6 heteroatoms. The van der Waals surface area contributed by atoms with Crippen LogP contribution in [-0.4, -0.2) is 32.5 Å². The van der Waals surface area contributed by atoms with Gasteiger partial charge in [0, 0.05) is 49.5 Å². The Morgan fingerprint density at radius 2 is 1.73 bits per heavy atom. The molecule has 4 aromatic rings. The van der Waals surface area contributed by atoms with Gasteiger partial charge in [-0.15, -0.1) is 10.2 Å². The van der Waals surface area contributed by atoms with Crippen molar-refractivity contribution in [2.75, 3.05) is 6.54 Å². The zero-order chi connectivity index (χ0) is 20.3. The van der Waals surface area contributed by atoms with Gasteiger partial charge in [0.15, 0.2) is 0 Å². The van der Waals surface area contributed by atoms with Crippen molar-refractivity contribution < 1.29 is 9.21 Å². The molecule has 0 fully saturated rings. The molecule has 152 valence electrons. The molecule has 0 radical (unpaired) electrons. The maximum absolute atomic E-state index is 12.6. The van der Waals surface area contributed by atoms with Crippen molar-refractivity contribution in [3.05, 3.63) is 83.2 Å². The molecule has 5 rings (SSSR count). The van der Waals surface area contributed by atoms with Gasteiger partial charge in [-0.2, -0.15) is 0 Å². The molecule has 6 nitrogen and oxygen atoms in total. The minimum atomic E-state index is 0.142. The van der Waals surface area contributed by atoms with Crippen LogP contribution >= 0.6 is 0 Å². The smallest absolute Gasteiger partial charge is 0.223 e. The van der Waals surface area contributed by atoms with Crippen molar-refractivity contribution in [3.8, 4) is 0 Å². The second kappa shape index (κ2) is 8.14. The summed E-state index contributed by atoms with van der Waals surface area (Å²) in [6.07, 6.45) is 5.35. The number of H-pyrrole nitrogens is 1. The average molecular weight is 400 g/mol. The number of fused-ring (bicyclic) bond motifs is 2. The minimum absolute atomic E-state index is 0.142. The number of rotatable bonds is 6. The molecular formula is C24H24N4O2. The number of para-hydroxylation sites is 1. The number of nitrogens with zero attached hydrogens (tertiary/aromatic N) is 3. The monoisotopic (exact) mass is 400 g/mol. The summed E-state index contributed by atoms with van der Waals surface area (Å²) in [5.74, 6) is 1.30. The molecule has 1 aliphatic heterocycles. The summed E-state index contributed by atoms with van der Waals surface area (Å²) in [5, 5.41) is 9.53. The molecule has 3 heterocycles. The highest BCUT2D eigenvalue weighted by Crippen LogP contribution is 2.21. The van der Waals surface area contributed by atoms with Gasteiger partial charge in [-0.1, -0.05) is 42.5 Å². The molecule has 0 bridgehead atoms. The fourth-order valence-corrected chi connectivity index (χ4v) is 4.15. The third-order valence-corrected chi connectivity index (χ3v) is 5.83. The highest BCUT2D eigenvalue weighted by molar-refractivity contribution is 5.83. The number of benzene rings is 2. The van der Waals surface area contributed by atoms with Crippen LogP contribution < -0.4 is 0 Å². The summed E-state index contributed by atoms with van der Waals surface area (Å²) in [6, 6.07) is 16.6. The van der Waals surface area contributed by atoms with Crippen molar-refractivity contribution in [2.45, 2.75) is 38.6 Å². The molecule has 2 aromatic carbocycles. The van der Waals surface area contributed by atoms with Gasteiger partial charge in [0.25, 0.3) is 0 Å². The van der Waals surface area contributed by atoms with Gasteiger partial charge in [0.2, 0.25) is 17.7 Å². The average Bonchev–Trinajstić information content (AvgIpc) is 3.42. The van der Waals surface area contributed by atoms with Crippen LogP contribution in [0.4, 0.5) is 0 Å². The number of hydrogen-bond donors (Lipinski definition) is 1. The van der Waals surface area contributed by atoms with Gasteiger partial charge in [0.05, 0.1) is 0 Å². The van der Waals surface area contributed by atoms with E-state index in [0.717, 1.165) is 24.9 Å². The lowest BCUT2D eigenvalue weighted by Crippen LogP contribution is -2.36. The number of hydrogen-bond acceptors (Lipinski definition) is 4. The van der Waals surface area contributed by atoms with Crippen LogP contribution in [0.5, 0.6) is 0 Å². The molecule has 2 aromatic heterocycles. The van der Waals surface area contributed by atoms with Crippen molar-refractivity contribution in [3.63, 3.8) is 0 Å². The van der Waals surface area contributed by atoms with Gasteiger partial charge in [0.1, 0.15) is 0 Å². The lowest BCUT2D eigenvalue weighted by Gasteiger charge is -2.28. The Morgan fingerprint density at radius 1 is 0.967 bits per heavy atom. The Balaban J connectivity index is 1.14. The van der Waals surface area contributed by atoms with Crippen LogP contribution in [-0.2, 0) is 37.0 Å². The van der Waals surface area contributed by atoms with Crippen molar-refractivity contribution in [2.24, 2.45) is 0 Å². The zero-order valence-electron chi connectivity index (χ0n) is 16.8. The van der Waals surface area contributed by atoms with E-state index in [9.17, 15) is 4.79 Å². The lowest BCUT2D eigenvalue weighted by atomic mass is 9.99. The van der Waals surface area contributed by atoms with Gasteiger partial charge >= 0.3 is 0 Å². The first-order chi connectivity index (χ1) is 14.8. The van der Waals surface area contributed by atoms with Crippen molar-refractivity contribution in [1.29, 1.82) is 0 Å². The SMILES string of the molecule is O=C(CCc1nnc(CCc2c[nH]c3ccccc23)o1)N1CCc2ccccc2C1. The van der Waals surface area contributed by atoms with Crippen molar-refractivity contribution >= 4 is 16.8 Å². The standard InChI is InChI=1S/C24H24N4O2/c29-24(28-14-13-17-5-1-2-6-19(17)16-28)12-11-23-27-26-22(30-23)10-9-18-15-25-21-8-4-3-7-20(18)21/h1-8,15,25H,9-14,16H2. The van der Waals surface area contributed by atoms with E-state index < -0.39 is 0 Å². The van der Waals surface area contributed by atoms with E-state index in [2.05, 4.69) is 45.5 Å². The van der Waals surface area contributed by atoms with E-state index in [1.54, 1.807) is 0 Å². The quantitative estimate of drug-likeness (QED) is 0.533. The Kier molecular flexibility index (Phi) is 5.05. The summed E-state index contributed by atoms with van der Waals surface area (Å²) < 4.78 is 5.78. The number of nitrogens with one attached hydrogen (secondary N) is 1. The first-order valence-corrected chi connectivity index (χ1v) is 10.5. The molecule has 1 amide bonds. The first-order valence-electron chi connectivity index (χ1n) is 10.5. The van der Waals surface area contributed by atoms with Crippen LogP contribution in [0.1, 0.15) is 34.9 Å². The minimum Gasteiger partial charge on any atom is -0.425 e. The zero-order valence-corrected chi connectivity index (χ0v) is 16.8. The predicted molar refractivity (Wildman–Crippen MR) is 114 cm³/mol. The molecule has 0 unspecified atom stereocenters. The molecular weight excluding hydrogens is 376 g/mol. The largest absolute Gasteiger partial charge is 0.425 e. The third-order valence-electron chi connectivity index (χ3n) is 5.83. The van der Waals surface area contributed by atoms with E-state index in [-0.39, 0.29) is 5.91 Å². The lowest BCUT2D eigenvalue weighted by molar-refractivity contribution is -0.132. The molecule has 0 aliphatic carbocycles. The Hall–Kier alpha value is -3.41. The van der Waals surface area contributed by atoms with Gasteiger partial charge in [-0.25, -0.2) is 0 Å². The Bertz CT molecular complexity index is 1180. The fourth-order valence-electron chi connectivity index (χ4n) is 4.15. The Labute approximate surface area is 174 Å². The van der Waals surface area contributed by atoms with Crippen LogP contribution in [0.15, 0.2) is 59.1 Å². The number of carbonyl (C=O) groups is 1. The molecule has 1 aliphatic rings. The summed E-state index contributed by atoms with van der Waals surface area (Å²) in [5.41, 5.74) is 4.97. The number of aromatic amines is 1. The fraction of sp³-hybridized carbons (Fsp3) is 0.292. The number of amides is 1. The van der Waals surface area contributed by atoms with E-state index in [4.69, 9.17) is 4.42 Å². The second-order valence-electron chi connectivity index (χ2n) is 7.78. The summed E-state index contributed by atoms with van der Waals surface area (Å²) in [4.78, 5) is 17.8. The van der Waals surface area contributed by atoms with Crippen LogP contribution in [0, 0.1) is 0 Å². The number of aromatic nitrogens is 3. The highest BCUT2D eigenvalue weighted by atomic mass is 16.4. The van der Waals surface area contributed by atoms with Crippen molar-refractivity contribution in [1.82, 2.24) is 20.1 Å². The van der Waals surface area contributed by atoms with Crippen LogP contribution in [0.2, 0.25) is 0 Å². The Morgan fingerprint density at radius 3 is 2.63 bits per heavy atom. The molecule has 30 heavy (non-hydrogen) atoms. The van der Waals surface area contributed by atoms with E-state index in [0.29, 0.717) is 37.6 Å². The molecule has 1 N–H and O–H groups in total. The summed E-state index contributed by atoms with van der Waals surface area (Å²) in [7, 11) is 0. The summed E-state index contributed by atoms with van der Waals surface area (Å²) >= 11 is 0. The maximum atomic E-state index is 12.6. The van der Waals surface area contributed by atoms with Gasteiger partial charge < -0.3 is 14.3 Å². The van der Waals surface area contributed by atoms with Gasteiger partial charge in [-0.3, -0.25) is 4.79 Å². The van der Waals surface area contributed by atoms with Gasteiger partial charge in [-0.05, 0) is 35.6 Å². The molecule has 0 saturated heterocycles. The predicted octanol–water partition coefficient (Wildman–Crippen LogP) is 3.85. The molecule has 0 atom stereocenters. The maximum Gasteiger partial charge on any atom is 0.223 e. The normalized spacial score (nSPS) is 13.5. The van der Waals surface area contributed by atoms with E-state index in [1.807, 2.05) is 29.3 Å². The summed E-state index contributed by atoms with van der Waals surface area (Å²) in [6.45, 7) is 1.46. The number of carbonyl (C=O) groups excluding carboxylic acids is 1.